The number of aromatic nitrogens is 1. The van der Waals surface area contributed by atoms with Gasteiger partial charge in [0.1, 0.15) is 5.69 Å². The highest BCUT2D eigenvalue weighted by molar-refractivity contribution is 5.22. The van der Waals surface area contributed by atoms with E-state index in [0.717, 1.165) is 31.2 Å². The predicted octanol–water partition coefficient (Wildman–Crippen LogP) is 4.15. The van der Waals surface area contributed by atoms with Gasteiger partial charge in [-0.05, 0) is 36.5 Å². The van der Waals surface area contributed by atoms with Gasteiger partial charge in [0.15, 0.2) is 0 Å². The van der Waals surface area contributed by atoms with Gasteiger partial charge in [0.05, 0.1) is 0 Å². The second-order valence-corrected chi connectivity index (χ2v) is 4.31. The summed E-state index contributed by atoms with van der Waals surface area (Å²) in [6, 6.07) is 2.92. The molecule has 1 nitrogen and oxygen atoms in total. The first-order chi connectivity index (χ1) is 7.57. The van der Waals surface area contributed by atoms with Crippen LogP contribution in [0.4, 0.5) is 13.2 Å². The van der Waals surface area contributed by atoms with Crippen molar-refractivity contribution in [1.82, 2.24) is 4.98 Å². The van der Waals surface area contributed by atoms with Gasteiger partial charge in [0.2, 0.25) is 0 Å². The van der Waals surface area contributed by atoms with E-state index in [2.05, 4.69) is 4.98 Å². The van der Waals surface area contributed by atoms with E-state index in [0.29, 0.717) is 0 Å². The van der Waals surface area contributed by atoms with Crippen molar-refractivity contribution >= 4 is 0 Å². The number of rotatable bonds is 1. The summed E-state index contributed by atoms with van der Waals surface area (Å²) in [6.45, 7) is 0. The molecule has 0 saturated heterocycles. The largest absolute Gasteiger partial charge is 0.433 e. The molecule has 16 heavy (non-hydrogen) atoms. The van der Waals surface area contributed by atoms with Gasteiger partial charge < -0.3 is 0 Å². The smallest absolute Gasteiger partial charge is 0.252 e. The Morgan fingerprint density at radius 3 is 2.44 bits per heavy atom. The highest BCUT2D eigenvalue weighted by atomic mass is 19.4. The Bertz CT molecular complexity index is 354. The fraction of sp³-hybridized carbons (Fsp3) is 0.583. The molecule has 4 heteroatoms. The van der Waals surface area contributed by atoms with Crippen LogP contribution in [0.2, 0.25) is 0 Å². The van der Waals surface area contributed by atoms with Crippen LogP contribution >= 0.6 is 0 Å². The van der Waals surface area contributed by atoms with E-state index in [1.165, 1.54) is 18.7 Å². The molecule has 1 aromatic heterocycles. The third-order valence-electron chi connectivity index (χ3n) is 3.15. The van der Waals surface area contributed by atoms with Gasteiger partial charge in [0, 0.05) is 6.20 Å². The zero-order valence-electron chi connectivity index (χ0n) is 8.93. The molecule has 0 spiro atoms. The van der Waals surface area contributed by atoms with Crippen molar-refractivity contribution in [2.24, 2.45) is 0 Å². The zero-order chi connectivity index (χ0) is 11.6. The Morgan fingerprint density at radius 1 is 1.12 bits per heavy atom. The van der Waals surface area contributed by atoms with Gasteiger partial charge in [-0.25, -0.2) is 0 Å². The molecule has 1 aliphatic rings. The minimum absolute atomic E-state index is 0.290. The average molecular weight is 229 g/mol. The maximum Gasteiger partial charge on any atom is 0.433 e. The van der Waals surface area contributed by atoms with E-state index in [9.17, 15) is 13.2 Å². The molecule has 0 amide bonds. The second-order valence-electron chi connectivity index (χ2n) is 4.31. The number of pyridine rings is 1. The van der Waals surface area contributed by atoms with Crippen LogP contribution in [0.5, 0.6) is 0 Å². The van der Waals surface area contributed by atoms with Crippen LogP contribution in [0.1, 0.15) is 49.3 Å². The Morgan fingerprint density at radius 2 is 1.81 bits per heavy atom. The SMILES string of the molecule is FC(F)(F)c1cc(C2CCCCC2)ccn1. The van der Waals surface area contributed by atoms with Gasteiger partial charge >= 0.3 is 6.18 Å². The quantitative estimate of drug-likeness (QED) is 0.705. The van der Waals surface area contributed by atoms with Crippen LogP contribution in [0.25, 0.3) is 0 Å². The first-order valence-corrected chi connectivity index (χ1v) is 5.60. The third-order valence-corrected chi connectivity index (χ3v) is 3.15. The lowest BCUT2D eigenvalue weighted by molar-refractivity contribution is -0.141. The molecular weight excluding hydrogens is 215 g/mol. The molecule has 1 heterocycles. The van der Waals surface area contributed by atoms with Gasteiger partial charge in [-0.3, -0.25) is 4.98 Å². The van der Waals surface area contributed by atoms with Crippen molar-refractivity contribution in [3.8, 4) is 0 Å². The Labute approximate surface area is 92.7 Å². The van der Waals surface area contributed by atoms with E-state index in [-0.39, 0.29) is 5.92 Å². The minimum Gasteiger partial charge on any atom is -0.252 e. The number of hydrogen-bond donors (Lipinski definition) is 0. The summed E-state index contributed by atoms with van der Waals surface area (Å²) in [5.74, 6) is 0.290. The molecule has 0 radical (unpaired) electrons. The summed E-state index contributed by atoms with van der Waals surface area (Å²) in [7, 11) is 0. The second kappa shape index (κ2) is 4.44. The molecule has 0 bridgehead atoms. The van der Waals surface area contributed by atoms with E-state index in [1.54, 1.807) is 6.07 Å². The van der Waals surface area contributed by atoms with Crippen LogP contribution in [-0.4, -0.2) is 4.98 Å². The predicted molar refractivity (Wildman–Crippen MR) is 55.1 cm³/mol. The van der Waals surface area contributed by atoms with Gasteiger partial charge in [-0.15, -0.1) is 0 Å². The van der Waals surface area contributed by atoms with Gasteiger partial charge in [-0.2, -0.15) is 13.2 Å². The highest BCUT2D eigenvalue weighted by Crippen LogP contribution is 2.35. The number of alkyl halides is 3. The minimum atomic E-state index is -4.33. The molecule has 1 aromatic rings. The van der Waals surface area contributed by atoms with Gasteiger partial charge in [-0.1, -0.05) is 19.3 Å². The summed E-state index contributed by atoms with van der Waals surface area (Å²) >= 11 is 0. The molecule has 2 rings (SSSR count). The van der Waals surface area contributed by atoms with Crippen LogP contribution in [0, 0.1) is 0 Å². The molecule has 0 aliphatic heterocycles. The lowest BCUT2D eigenvalue weighted by Gasteiger charge is -2.22. The van der Waals surface area contributed by atoms with Crippen LogP contribution in [-0.2, 0) is 6.18 Å². The Balaban J connectivity index is 2.21. The van der Waals surface area contributed by atoms with Crippen molar-refractivity contribution in [3.63, 3.8) is 0 Å². The molecule has 0 atom stereocenters. The van der Waals surface area contributed by atoms with Crippen molar-refractivity contribution in [1.29, 1.82) is 0 Å². The van der Waals surface area contributed by atoms with E-state index in [4.69, 9.17) is 0 Å². The fourth-order valence-corrected chi connectivity index (χ4v) is 2.29. The third kappa shape index (κ3) is 2.54. The maximum atomic E-state index is 12.5. The maximum absolute atomic E-state index is 12.5. The fourth-order valence-electron chi connectivity index (χ4n) is 2.29. The molecule has 88 valence electrons. The summed E-state index contributed by atoms with van der Waals surface area (Å²) < 4.78 is 37.4. The summed E-state index contributed by atoms with van der Waals surface area (Å²) in [4.78, 5) is 3.38. The summed E-state index contributed by atoms with van der Waals surface area (Å²) in [6.07, 6.45) is 2.39. The molecule has 1 saturated carbocycles. The average Bonchev–Trinajstić information content (AvgIpc) is 2.29. The standard InChI is InChI=1S/C12H14F3N/c13-12(14,15)11-8-10(6-7-16-11)9-4-2-1-3-5-9/h6-9H,1-5H2. The molecule has 1 aliphatic carbocycles. The number of hydrogen-bond acceptors (Lipinski definition) is 1. The van der Waals surface area contributed by atoms with E-state index < -0.39 is 11.9 Å². The normalized spacial score (nSPS) is 18.7. The monoisotopic (exact) mass is 229 g/mol. The topological polar surface area (TPSA) is 12.9 Å². The molecule has 1 fully saturated rings. The van der Waals surface area contributed by atoms with Gasteiger partial charge in [0.25, 0.3) is 0 Å². The van der Waals surface area contributed by atoms with Crippen LogP contribution < -0.4 is 0 Å². The van der Waals surface area contributed by atoms with Crippen molar-refractivity contribution < 1.29 is 13.2 Å². The zero-order valence-corrected chi connectivity index (χ0v) is 8.93. The Hall–Kier alpha value is -1.06. The van der Waals surface area contributed by atoms with E-state index >= 15 is 0 Å². The van der Waals surface area contributed by atoms with Crippen molar-refractivity contribution in [2.75, 3.05) is 0 Å². The molecule has 0 aromatic carbocycles. The van der Waals surface area contributed by atoms with Crippen molar-refractivity contribution in [3.05, 3.63) is 29.6 Å². The lowest BCUT2D eigenvalue weighted by Crippen LogP contribution is -2.10. The van der Waals surface area contributed by atoms with E-state index in [1.807, 2.05) is 0 Å². The molecule has 0 unspecified atom stereocenters. The summed E-state index contributed by atoms with van der Waals surface area (Å²) in [5.41, 5.74) is 0.0256. The first kappa shape index (κ1) is 11.4. The van der Waals surface area contributed by atoms with Crippen LogP contribution in [0.15, 0.2) is 18.3 Å². The summed E-state index contributed by atoms with van der Waals surface area (Å²) in [5, 5.41) is 0. The molecule has 0 N–H and O–H groups in total. The van der Waals surface area contributed by atoms with Crippen molar-refractivity contribution in [2.45, 2.75) is 44.2 Å². The highest BCUT2D eigenvalue weighted by Gasteiger charge is 2.33. The first-order valence-electron chi connectivity index (χ1n) is 5.60. The number of nitrogens with zero attached hydrogens (tertiary/aromatic N) is 1. The Kier molecular flexibility index (Phi) is 3.17. The molecular formula is C12H14F3N. The lowest BCUT2D eigenvalue weighted by atomic mass is 9.84. The number of halogens is 3. The van der Waals surface area contributed by atoms with Crippen LogP contribution in [0.3, 0.4) is 0 Å².